The van der Waals surface area contributed by atoms with Crippen LogP contribution in [0.2, 0.25) is 0 Å². The molecule has 2 saturated carbocycles. The lowest BCUT2D eigenvalue weighted by molar-refractivity contribution is 0.138. The highest BCUT2D eigenvalue weighted by Crippen LogP contribution is 2.39. The van der Waals surface area contributed by atoms with Crippen LogP contribution in [0.3, 0.4) is 0 Å². The molecule has 14 heavy (non-hydrogen) atoms. The molecule has 2 heteroatoms. The van der Waals surface area contributed by atoms with Crippen molar-refractivity contribution in [2.24, 2.45) is 5.92 Å². The Labute approximate surface area is 88.0 Å². The van der Waals surface area contributed by atoms with Gasteiger partial charge in [-0.15, -0.1) is 0 Å². The second-order valence-electron chi connectivity index (χ2n) is 5.42. The first kappa shape index (κ1) is 10.4. The molecule has 0 aromatic carbocycles. The lowest BCUT2D eigenvalue weighted by Gasteiger charge is -2.29. The van der Waals surface area contributed by atoms with Crippen LogP contribution >= 0.6 is 0 Å². The van der Waals surface area contributed by atoms with Crippen LogP contribution in [-0.4, -0.2) is 24.1 Å². The Balaban J connectivity index is 1.65. The van der Waals surface area contributed by atoms with E-state index >= 15 is 0 Å². The van der Waals surface area contributed by atoms with Gasteiger partial charge in [-0.2, -0.15) is 0 Å². The first-order valence-corrected chi connectivity index (χ1v) is 6.18. The van der Waals surface area contributed by atoms with Gasteiger partial charge < -0.3 is 0 Å². The number of rotatable bonds is 4. The minimum Gasteiger partial charge on any atom is -0.255 e. The van der Waals surface area contributed by atoms with Crippen LogP contribution in [0.1, 0.15) is 51.9 Å². The summed E-state index contributed by atoms with van der Waals surface area (Å²) >= 11 is 0. The van der Waals surface area contributed by atoms with Gasteiger partial charge in [0.25, 0.3) is 0 Å². The highest BCUT2D eigenvalue weighted by atomic mass is 15.5. The maximum Gasteiger partial charge on any atom is 0.0324 e. The van der Waals surface area contributed by atoms with E-state index in [9.17, 15) is 0 Å². The fourth-order valence-corrected chi connectivity index (χ4v) is 2.36. The van der Waals surface area contributed by atoms with Gasteiger partial charge >= 0.3 is 0 Å². The molecular weight excluding hydrogens is 172 g/mol. The fraction of sp³-hybridized carbons (Fsp3) is 1.00. The van der Waals surface area contributed by atoms with Gasteiger partial charge in [-0.05, 0) is 38.5 Å². The quantitative estimate of drug-likeness (QED) is 0.695. The molecule has 0 aliphatic heterocycles. The van der Waals surface area contributed by atoms with Crippen molar-refractivity contribution in [1.82, 2.24) is 10.4 Å². The van der Waals surface area contributed by atoms with Gasteiger partial charge in [0.1, 0.15) is 0 Å². The molecule has 0 spiro atoms. The van der Waals surface area contributed by atoms with Crippen LogP contribution in [0.25, 0.3) is 0 Å². The summed E-state index contributed by atoms with van der Waals surface area (Å²) in [5.74, 6) is 0.938. The predicted molar refractivity (Wildman–Crippen MR) is 60.0 cm³/mol. The van der Waals surface area contributed by atoms with Gasteiger partial charge in [-0.25, -0.2) is 5.01 Å². The number of hydrazine groups is 1. The average Bonchev–Trinajstić information content (AvgIpc) is 2.96. The third kappa shape index (κ3) is 2.48. The molecule has 0 unspecified atom stereocenters. The van der Waals surface area contributed by atoms with Gasteiger partial charge in [-0.1, -0.05) is 19.3 Å². The monoisotopic (exact) mass is 196 g/mol. The van der Waals surface area contributed by atoms with Gasteiger partial charge in [-0.3, -0.25) is 5.43 Å². The van der Waals surface area contributed by atoms with Crippen molar-refractivity contribution in [2.45, 2.75) is 57.4 Å². The Morgan fingerprint density at radius 1 is 1.21 bits per heavy atom. The van der Waals surface area contributed by atoms with Crippen molar-refractivity contribution < 1.29 is 0 Å². The maximum absolute atomic E-state index is 3.59. The predicted octanol–water partition coefficient (Wildman–Crippen LogP) is 2.56. The Kier molecular flexibility index (Phi) is 3.13. The van der Waals surface area contributed by atoms with Crippen LogP contribution in [0.5, 0.6) is 0 Å². The molecule has 0 aromatic heterocycles. The van der Waals surface area contributed by atoms with Crippen LogP contribution in [0, 0.1) is 5.92 Å². The van der Waals surface area contributed by atoms with Crippen LogP contribution in [0.15, 0.2) is 0 Å². The summed E-state index contributed by atoms with van der Waals surface area (Å²) < 4.78 is 0. The molecule has 0 saturated heterocycles. The SMILES string of the molecule is CN(NCC1CCCCC1)C1(C)CC1. The molecular formula is C12H24N2. The van der Waals surface area contributed by atoms with Gasteiger partial charge in [0.15, 0.2) is 0 Å². The largest absolute Gasteiger partial charge is 0.255 e. The zero-order valence-corrected chi connectivity index (χ0v) is 9.68. The van der Waals surface area contributed by atoms with E-state index in [2.05, 4.69) is 24.4 Å². The van der Waals surface area contributed by atoms with Crippen molar-refractivity contribution in [1.29, 1.82) is 0 Å². The summed E-state index contributed by atoms with van der Waals surface area (Å²) in [5.41, 5.74) is 4.07. The standard InChI is InChI=1S/C12H24N2/c1-12(8-9-12)14(2)13-10-11-6-4-3-5-7-11/h11,13H,3-10H2,1-2H3. The van der Waals surface area contributed by atoms with Crippen molar-refractivity contribution in [3.63, 3.8) is 0 Å². The van der Waals surface area contributed by atoms with E-state index < -0.39 is 0 Å². The molecule has 82 valence electrons. The molecule has 0 radical (unpaired) electrons. The second-order valence-corrected chi connectivity index (χ2v) is 5.42. The minimum atomic E-state index is 0.481. The van der Waals surface area contributed by atoms with Gasteiger partial charge in [0.05, 0.1) is 0 Å². The van der Waals surface area contributed by atoms with Crippen molar-refractivity contribution in [3.05, 3.63) is 0 Å². The molecule has 0 amide bonds. The molecule has 2 nitrogen and oxygen atoms in total. The topological polar surface area (TPSA) is 15.3 Å². The Bertz CT molecular complexity index is 181. The van der Waals surface area contributed by atoms with Gasteiger partial charge in [0.2, 0.25) is 0 Å². The highest BCUT2D eigenvalue weighted by Gasteiger charge is 2.41. The third-order valence-electron chi connectivity index (χ3n) is 4.13. The molecule has 0 atom stereocenters. The Hall–Kier alpha value is -0.0800. The smallest absolute Gasteiger partial charge is 0.0324 e. The molecule has 2 aliphatic carbocycles. The van der Waals surface area contributed by atoms with E-state index in [1.54, 1.807) is 0 Å². The van der Waals surface area contributed by atoms with E-state index in [1.165, 1.54) is 51.5 Å². The zero-order valence-electron chi connectivity index (χ0n) is 9.68. The van der Waals surface area contributed by atoms with Crippen molar-refractivity contribution in [3.8, 4) is 0 Å². The number of nitrogens with zero attached hydrogens (tertiary/aromatic N) is 1. The van der Waals surface area contributed by atoms with Gasteiger partial charge in [0, 0.05) is 19.1 Å². The zero-order chi connectivity index (χ0) is 10.0. The minimum absolute atomic E-state index is 0.481. The Morgan fingerprint density at radius 2 is 1.86 bits per heavy atom. The van der Waals surface area contributed by atoms with E-state index in [4.69, 9.17) is 0 Å². The van der Waals surface area contributed by atoms with Crippen LogP contribution in [0.4, 0.5) is 0 Å². The summed E-state index contributed by atoms with van der Waals surface area (Å²) in [6, 6.07) is 0. The van der Waals surface area contributed by atoms with Crippen molar-refractivity contribution >= 4 is 0 Å². The lowest BCUT2D eigenvalue weighted by Crippen LogP contribution is -2.45. The summed E-state index contributed by atoms with van der Waals surface area (Å²) in [5, 5.41) is 2.35. The maximum atomic E-state index is 3.59. The number of hydrogen-bond acceptors (Lipinski definition) is 2. The molecule has 2 fully saturated rings. The average molecular weight is 196 g/mol. The van der Waals surface area contributed by atoms with Crippen LogP contribution < -0.4 is 5.43 Å². The second kappa shape index (κ2) is 4.19. The molecule has 0 aromatic rings. The van der Waals surface area contributed by atoms with E-state index in [0.717, 1.165) is 5.92 Å². The first-order chi connectivity index (χ1) is 6.71. The molecule has 2 aliphatic rings. The first-order valence-electron chi connectivity index (χ1n) is 6.18. The molecule has 2 rings (SSSR count). The molecule has 0 heterocycles. The highest BCUT2D eigenvalue weighted by molar-refractivity contribution is 4.97. The third-order valence-corrected chi connectivity index (χ3v) is 4.13. The molecule has 1 N–H and O–H groups in total. The van der Waals surface area contributed by atoms with E-state index in [0.29, 0.717) is 5.54 Å². The lowest BCUT2D eigenvalue weighted by atomic mass is 9.89. The molecule has 0 bridgehead atoms. The number of nitrogens with one attached hydrogen (secondary N) is 1. The number of hydrogen-bond donors (Lipinski definition) is 1. The van der Waals surface area contributed by atoms with E-state index in [-0.39, 0.29) is 0 Å². The van der Waals surface area contributed by atoms with E-state index in [1.807, 2.05) is 0 Å². The van der Waals surface area contributed by atoms with Crippen molar-refractivity contribution in [2.75, 3.05) is 13.6 Å². The fourth-order valence-electron chi connectivity index (χ4n) is 2.36. The summed E-state index contributed by atoms with van der Waals surface area (Å²) in [4.78, 5) is 0. The normalized spacial score (nSPS) is 26.8. The van der Waals surface area contributed by atoms with Crippen LogP contribution in [-0.2, 0) is 0 Å². The summed E-state index contributed by atoms with van der Waals surface area (Å²) in [6.45, 7) is 3.55. The summed E-state index contributed by atoms with van der Waals surface area (Å²) in [7, 11) is 2.20. The Morgan fingerprint density at radius 3 is 2.43 bits per heavy atom. The summed E-state index contributed by atoms with van der Waals surface area (Å²) in [6.07, 6.45) is 9.97.